The Bertz CT molecular complexity index is 461. The van der Waals surface area contributed by atoms with Gasteiger partial charge in [0, 0.05) is 12.6 Å². The van der Waals surface area contributed by atoms with E-state index in [4.69, 9.17) is 5.73 Å². The number of aromatic nitrogens is 2. The molecule has 1 aliphatic carbocycles. The molecule has 1 amide bonds. The molecule has 2 unspecified atom stereocenters. The van der Waals surface area contributed by atoms with Crippen LogP contribution in [0.25, 0.3) is 0 Å². The molecule has 0 radical (unpaired) electrons. The summed E-state index contributed by atoms with van der Waals surface area (Å²) in [5.41, 5.74) is 8.05. The normalized spacial score (nSPS) is 22.5. The number of hydrogen-bond acceptors (Lipinski definition) is 4. The van der Waals surface area contributed by atoms with Crippen LogP contribution in [0, 0.1) is 12.8 Å². The van der Waals surface area contributed by atoms with Crippen LogP contribution >= 0.6 is 0 Å². The van der Waals surface area contributed by atoms with Crippen molar-refractivity contribution in [1.29, 1.82) is 0 Å². The largest absolute Gasteiger partial charge is 0.352 e. The number of hydrogen-bond donors (Lipinski definition) is 2. The van der Waals surface area contributed by atoms with E-state index in [1.54, 1.807) is 0 Å². The second kappa shape index (κ2) is 6.10. The summed E-state index contributed by atoms with van der Waals surface area (Å²) in [5.74, 6) is 0.468. The van der Waals surface area contributed by atoms with Crippen LogP contribution in [-0.4, -0.2) is 28.7 Å². The number of rotatable bonds is 4. The minimum absolute atomic E-state index is 0.0460. The third-order valence-corrected chi connectivity index (χ3v) is 3.71. The first-order chi connectivity index (χ1) is 9.10. The third kappa shape index (κ3) is 3.50. The van der Waals surface area contributed by atoms with Crippen molar-refractivity contribution in [3.05, 3.63) is 23.0 Å². The van der Waals surface area contributed by atoms with E-state index in [2.05, 4.69) is 15.5 Å². The lowest BCUT2D eigenvalue weighted by atomic mass is 10.1. The van der Waals surface area contributed by atoms with Gasteiger partial charge in [-0.25, -0.2) is 0 Å². The second-order valence-electron chi connectivity index (χ2n) is 5.35. The highest BCUT2D eigenvalue weighted by Crippen LogP contribution is 2.23. The van der Waals surface area contributed by atoms with Crippen molar-refractivity contribution < 1.29 is 4.79 Å². The first-order valence-corrected chi connectivity index (χ1v) is 6.97. The molecule has 0 spiro atoms. The summed E-state index contributed by atoms with van der Waals surface area (Å²) >= 11 is 0. The molecular weight excluding hydrogens is 240 g/mol. The van der Waals surface area contributed by atoms with Crippen LogP contribution in [0.15, 0.2) is 6.07 Å². The van der Waals surface area contributed by atoms with E-state index >= 15 is 0 Å². The van der Waals surface area contributed by atoms with Gasteiger partial charge >= 0.3 is 0 Å². The van der Waals surface area contributed by atoms with Crippen molar-refractivity contribution in [2.75, 3.05) is 6.54 Å². The lowest BCUT2D eigenvalue weighted by Gasteiger charge is -2.12. The van der Waals surface area contributed by atoms with Gasteiger partial charge in [-0.15, -0.1) is 0 Å². The van der Waals surface area contributed by atoms with E-state index in [1.807, 2.05) is 19.9 Å². The fraction of sp³-hybridized carbons (Fsp3) is 0.643. The number of nitrogens with two attached hydrogens (primary N) is 1. The lowest BCUT2D eigenvalue weighted by molar-refractivity contribution is 0.0945. The van der Waals surface area contributed by atoms with Crippen LogP contribution in [0.5, 0.6) is 0 Å². The molecule has 2 rings (SSSR count). The van der Waals surface area contributed by atoms with Crippen LogP contribution in [0.4, 0.5) is 0 Å². The van der Waals surface area contributed by atoms with E-state index < -0.39 is 0 Å². The predicted octanol–water partition coefficient (Wildman–Crippen LogP) is 1.20. The zero-order chi connectivity index (χ0) is 13.8. The van der Waals surface area contributed by atoms with Gasteiger partial charge in [-0.1, -0.05) is 6.92 Å². The summed E-state index contributed by atoms with van der Waals surface area (Å²) in [6.45, 7) is 4.53. The maximum Gasteiger partial charge on any atom is 0.253 e. The number of amides is 1. The molecule has 2 atom stereocenters. The molecular formula is C14H22N4O. The van der Waals surface area contributed by atoms with Crippen LogP contribution < -0.4 is 11.1 Å². The Morgan fingerprint density at radius 1 is 1.47 bits per heavy atom. The standard InChI is InChI=1S/C14H22N4O/c1-3-13-12(6-9(2)17-18-13)14(19)16-8-10-4-5-11(15)7-10/h6,10-11H,3-5,7-8,15H2,1-2H3,(H,16,19). The molecule has 5 heteroatoms. The van der Waals surface area contributed by atoms with E-state index in [0.29, 0.717) is 30.5 Å². The summed E-state index contributed by atoms with van der Waals surface area (Å²) in [6.07, 6.45) is 3.89. The molecule has 1 heterocycles. The van der Waals surface area contributed by atoms with Crippen LogP contribution in [0.1, 0.15) is 47.9 Å². The lowest BCUT2D eigenvalue weighted by Crippen LogP contribution is -2.30. The highest BCUT2D eigenvalue weighted by molar-refractivity contribution is 5.95. The van der Waals surface area contributed by atoms with Gasteiger partial charge in [0.25, 0.3) is 5.91 Å². The number of carbonyl (C=O) groups is 1. The number of aryl methyl sites for hydroxylation is 2. The van der Waals surface area contributed by atoms with Crippen molar-refractivity contribution in [1.82, 2.24) is 15.5 Å². The average Bonchev–Trinajstić information content (AvgIpc) is 2.81. The minimum Gasteiger partial charge on any atom is -0.352 e. The fourth-order valence-electron chi connectivity index (χ4n) is 2.60. The molecule has 1 fully saturated rings. The summed E-state index contributed by atoms with van der Waals surface area (Å²) in [6, 6.07) is 2.11. The molecule has 0 aromatic carbocycles. The van der Waals surface area contributed by atoms with Crippen LogP contribution in [-0.2, 0) is 6.42 Å². The zero-order valence-corrected chi connectivity index (χ0v) is 11.6. The molecule has 104 valence electrons. The molecule has 1 aromatic heterocycles. The Morgan fingerprint density at radius 2 is 2.26 bits per heavy atom. The van der Waals surface area contributed by atoms with Gasteiger partial charge in [-0.2, -0.15) is 10.2 Å². The Morgan fingerprint density at radius 3 is 2.89 bits per heavy atom. The maximum atomic E-state index is 12.2. The van der Waals surface area contributed by atoms with E-state index in [9.17, 15) is 4.79 Å². The highest BCUT2D eigenvalue weighted by atomic mass is 16.1. The van der Waals surface area contributed by atoms with Crippen molar-refractivity contribution in [3.8, 4) is 0 Å². The highest BCUT2D eigenvalue weighted by Gasteiger charge is 2.22. The van der Waals surface area contributed by atoms with Crippen molar-refractivity contribution in [2.45, 2.75) is 45.6 Å². The van der Waals surface area contributed by atoms with Crippen LogP contribution in [0.3, 0.4) is 0 Å². The number of nitrogens with one attached hydrogen (secondary N) is 1. The average molecular weight is 262 g/mol. The maximum absolute atomic E-state index is 12.2. The van der Waals surface area contributed by atoms with Crippen molar-refractivity contribution >= 4 is 5.91 Å². The van der Waals surface area contributed by atoms with Gasteiger partial charge in [-0.3, -0.25) is 4.79 Å². The molecule has 3 N–H and O–H groups in total. The number of nitrogens with zero attached hydrogens (tertiary/aromatic N) is 2. The Hall–Kier alpha value is -1.49. The molecule has 1 aliphatic rings. The first-order valence-electron chi connectivity index (χ1n) is 6.97. The Balaban J connectivity index is 1.97. The van der Waals surface area contributed by atoms with E-state index in [-0.39, 0.29) is 5.91 Å². The molecule has 5 nitrogen and oxygen atoms in total. The minimum atomic E-state index is -0.0460. The van der Waals surface area contributed by atoms with Gasteiger partial charge in [0.1, 0.15) is 0 Å². The fourth-order valence-corrected chi connectivity index (χ4v) is 2.60. The predicted molar refractivity (Wildman–Crippen MR) is 73.8 cm³/mol. The molecule has 0 saturated heterocycles. The zero-order valence-electron chi connectivity index (χ0n) is 11.6. The van der Waals surface area contributed by atoms with E-state index in [0.717, 1.165) is 30.7 Å². The Kier molecular flexibility index (Phi) is 4.47. The first kappa shape index (κ1) is 13.9. The molecule has 1 saturated carbocycles. The van der Waals surface area contributed by atoms with Crippen molar-refractivity contribution in [3.63, 3.8) is 0 Å². The van der Waals surface area contributed by atoms with Gasteiger partial charge in [-0.05, 0) is 44.6 Å². The van der Waals surface area contributed by atoms with Crippen LogP contribution in [0.2, 0.25) is 0 Å². The van der Waals surface area contributed by atoms with E-state index in [1.165, 1.54) is 0 Å². The molecule has 0 bridgehead atoms. The molecule has 1 aromatic rings. The summed E-state index contributed by atoms with van der Waals surface area (Å²) in [5, 5.41) is 11.1. The smallest absolute Gasteiger partial charge is 0.253 e. The quantitative estimate of drug-likeness (QED) is 0.854. The molecule has 19 heavy (non-hydrogen) atoms. The van der Waals surface area contributed by atoms with Gasteiger partial charge in [0.2, 0.25) is 0 Å². The Labute approximate surface area is 114 Å². The summed E-state index contributed by atoms with van der Waals surface area (Å²) < 4.78 is 0. The third-order valence-electron chi connectivity index (χ3n) is 3.71. The molecule has 0 aliphatic heterocycles. The summed E-state index contributed by atoms with van der Waals surface area (Å²) in [4.78, 5) is 12.2. The monoisotopic (exact) mass is 262 g/mol. The van der Waals surface area contributed by atoms with Gasteiger partial charge < -0.3 is 11.1 Å². The topological polar surface area (TPSA) is 80.9 Å². The SMILES string of the molecule is CCc1nnc(C)cc1C(=O)NCC1CCC(N)C1. The van der Waals surface area contributed by atoms with Gasteiger partial charge in [0.05, 0.1) is 17.0 Å². The van der Waals surface area contributed by atoms with Crippen molar-refractivity contribution in [2.24, 2.45) is 11.7 Å². The summed E-state index contributed by atoms with van der Waals surface area (Å²) in [7, 11) is 0. The number of carbonyl (C=O) groups excluding carboxylic acids is 1. The second-order valence-corrected chi connectivity index (χ2v) is 5.35. The van der Waals surface area contributed by atoms with Gasteiger partial charge in [0.15, 0.2) is 0 Å².